The van der Waals surface area contributed by atoms with Crippen molar-refractivity contribution in [2.45, 2.75) is 25.5 Å². The molecule has 3 N–H and O–H groups in total. The van der Waals surface area contributed by atoms with Gasteiger partial charge < -0.3 is 4.74 Å². The average molecular weight is 352 g/mol. The summed E-state index contributed by atoms with van der Waals surface area (Å²) in [4.78, 5) is 22.9. The Kier molecular flexibility index (Phi) is 5.95. The van der Waals surface area contributed by atoms with Crippen LogP contribution < -0.4 is 21.0 Å². The van der Waals surface area contributed by atoms with Crippen LogP contribution in [0.4, 0.5) is 0 Å². The van der Waals surface area contributed by atoms with E-state index in [2.05, 4.69) is 21.4 Å². The van der Waals surface area contributed by atoms with Crippen LogP contribution in [0.5, 0.6) is 5.75 Å². The highest BCUT2D eigenvalue weighted by molar-refractivity contribution is 5.84. The number of ether oxygens (including phenoxy) is 1. The predicted molar refractivity (Wildman–Crippen MR) is 97.3 cm³/mol. The van der Waals surface area contributed by atoms with Crippen LogP contribution in [0.25, 0.3) is 0 Å². The molecular weight excluding hydrogens is 332 g/mol. The second kappa shape index (κ2) is 8.77. The Morgan fingerprint density at radius 2 is 2.08 bits per heavy atom. The molecule has 0 aliphatic carbocycles. The van der Waals surface area contributed by atoms with E-state index >= 15 is 0 Å². The highest BCUT2D eigenvalue weighted by Gasteiger charge is 2.23. The van der Waals surface area contributed by atoms with Crippen LogP contribution in [0.15, 0.2) is 59.7 Å². The molecule has 1 aliphatic rings. The van der Waals surface area contributed by atoms with Gasteiger partial charge in [-0.1, -0.05) is 42.5 Å². The highest BCUT2D eigenvalue weighted by atomic mass is 16.5. The first kappa shape index (κ1) is 17.6. The van der Waals surface area contributed by atoms with Crippen molar-refractivity contribution in [2.75, 3.05) is 0 Å². The van der Waals surface area contributed by atoms with Gasteiger partial charge in [0.25, 0.3) is 0 Å². The molecule has 2 amide bonds. The molecule has 0 radical (unpaired) electrons. The van der Waals surface area contributed by atoms with E-state index in [-0.39, 0.29) is 30.7 Å². The van der Waals surface area contributed by atoms with Crippen LogP contribution in [0.1, 0.15) is 24.0 Å². The van der Waals surface area contributed by atoms with Gasteiger partial charge in [-0.3, -0.25) is 15.0 Å². The van der Waals surface area contributed by atoms with Crippen LogP contribution >= 0.6 is 0 Å². The number of rotatable bonds is 7. The van der Waals surface area contributed by atoms with E-state index in [1.807, 2.05) is 54.6 Å². The summed E-state index contributed by atoms with van der Waals surface area (Å²) < 4.78 is 5.76. The molecule has 7 heteroatoms. The van der Waals surface area contributed by atoms with E-state index in [9.17, 15) is 9.59 Å². The second-order valence-corrected chi connectivity index (χ2v) is 5.94. The summed E-state index contributed by atoms with van der Waals surface area (Å²) in [6, 6.07) is 17.2. The summed E-state index contributed by atoms with van der Waals surface area (Å²) >= 11 is 0. The number of nitrogens with one attached hydrogen (secondary N) is 3. The lowest BCUT2D eigenvalue weighted by Crippen LogP contribution is -2.34. The molecule has 1 saturated heterocycles. The van der Waals surface area contributed by atoms with Crippen LogP contribution in [0.3, 0.4) is 0 Å². The Labute approximate surface area is 151 Å². The molecule has 1 aliphatic heterocycles. The molecule has 1 atom stereocenters. The van der Waals surface area contributed by atoms with Gasteiger partial charge in [0.15, 0.2) is 0 Å². The Hall–Kier alpha value is -3.19. The number of carbonyl (C=O) groups excluding carboxylic acids is 2. The van der Waals surface area contributed by atoms with E-state index in [0.29, 0.717) is 6.61 Å². The fraction of sp³-hybridized carbons (Fsp3) is 0.211. The first-order valence-electron chi connectivity index (χ1n) is 8.32. The van der Waals surface area contributed by atoms with Crippen molar-refractivity contribution in [2.24, 2.45) is 5.10 Å². The standard InChI is InChI=1S/C19H20N4O3/c24-18(10-16-11-19(25)23-21-16)22-20-12-15-7-4-8-17(9-15)26-13-14-5-2-1-3-6-14/h1-9,12,16,21H,10-11,13H2,(H,22,24)(H,23,25)/b20-12+. The maximum Gasteiger partial charge on any atom is 0.241 e. The lowest BCUT2D eigenvalue weighted by Gasteiger charge is -2.07. The highest BCUT2D eigenvalue weighted by Crippen LogP contribution is 2.14. The summed E-state index contributed by atoms with van der Waals surface area (Å²) in [5, 5.41) is 3.95. The molecule has 1 unspecified atom stereocenters. The Balaban J connectivity index is 1.47. The summed E-state index contributed by atoms with van der Waals surface area (Å²) in [5.41, 5.74) is 9.58. The lowest BCUT2D eigenvalue weighted by atomic mass is 10.1. The van der Waals surface area contributed by atoms with Crippen molar-refractivity contribution in [3.63, 3.8) is 0 Å². The van der Waals surface area contributed by atoms with Crippen LogP contribution in [0.2, 0.25) is 0 Å². The smallest absolute Gasteiger partial charge is 0.241 e. The zero-order chi connectivity index (χ0) is 18.2. The Bertz CT molecular complexity index is 792. The average Bonchev–Trinajstić information content (AvgIpc) is 3.06. The van der Waals surface area contributed by atoms with Crippen molar-refractivity contribution in [1.29, 1.82) is 0 Å². The molecule has 0 spiro atoms. The Morgan fingerprint density at radius 3 is 2.85 bits per heavy atom. The van der Waals surface area contributed by atoms with Crippen LogP contribution in [-0.4, -0.2) is 24.1 Å². The van der Waals surface area contributed by atoms with Crippen molar-refractivity contribution in [1.82, 2.24) is 16.3 Å². The Morgan fingerprint density at radius 1 is 1.23 bits per heavy atom. The third-order valence-corrected chi connectivity index (χ3v) is 3.79. The third kappa shape index (κ3) is 5.42. The second-order valence-electron chi connectivity index (χ2n) is 5.94. The van der Waals surface area contributed by atoms with Crippen molar-refractivity contribution < 1.29 is 14.3 Å². The van der Waals surface area contributed by atoms with E-state index < -0.39 is 0 Å². The zero-order valence-electron chi connectivity index (χ0n) is 14.1. The minimum absolute atomic E-state index is 0.112. The molecule has 26 heavy (non-hydrogen) atoms. The molecule has 0 saturated carbocycles. The fourth-order valence-electron chi connectivity index (χ4n) is 2.51. The third-order valence-electron chi connectivity index (χ3n) is 3.79. The molecule has 3 rings (SSSR count). The van der Waals surface area contributed by atoms with Crippen LogP contribution in [0, 0.1) is 0 Å². The molecular formula is C19H20N4O3. The minimum Gasteiger partial charge on any atom is -0.489 e. The van der Waals surface area contributed by atoms with Gasteiger partial charge in [0.05, 0.1) is 6.21 Å². The maximum absolute atomic E-state index is 11.8. The summed E-state index contributed by atoms with van der Waals surface area (Å²) in [6.07, 6.45) is 2.02. The lowest BCUT2D eigenvalue weighted by molar-refractivity contribution is -0.121. The van der Waals surface area contributed by atoms with E-state index in [0.717, 1.165) is 16.9 Å². The van der Waals surface area contributed by atoms with Gasteiger partial charge >= 0.3 is 0 Å². The largest absolute Gasteiger partial charge is 0.489 e. The van der Waals surface area contributed by atoms with Gasteiger partial charge in [-0.05, 0) is 23.3 Å². The molecule has 1 heterocycles. The fourth-order valence-corrected chi connectivity index (χ4v) is 2.51. The van der Waals surface area contributed by atoms with Gasteiger partial charge in [-0.2, -0.15) is 5.10 Å². The predicted octanol–water partition coefficient (Wildman–Crippen LogP) is 1.50. The number of hydrazone groups is 1. The molecule has 2 aromatic carbocycles. The quantitative estimate of drug-likeness (QED) is 0.520. The number of nitrogens with zero attached hydrogens (tertiary/aromatic N) is 1. The number of hydrogen-bond acceptors (Lipinski definition) is 5. The van der Waals surface area contributed by atoms with E-state index in [1.165, 1.54) is 0 Å². The van der Waals surface area contributed by atoms with Gasteiger partial charge in [0.1, 0.15) is 12.4 Å². The molecule has 0 aromatic heterocycles. The normalized spacial score (nSPS) is 16.5. The molecule has 2 aromatic rings. The number of benzene rings is 2. The van der Waals surface area contributed by atoms with E-state index in [4.69, 9.17) is 4.74 Å². The molecule has 1 fully saturated rings. The molecule has 134 valence electrons. The van der Waals surface area contributed by atoms with Gasteiger partial charge in [0.2, 0.25) is 11.8 Å². The SMILES string of the molecule is O=C(CC1CC(=O)NN1)N/N=C/c1cccc(OCc2ccccc2)c1. The van der Waals surface area contributed by atoms with Gasteiger partial charge in [-0.25, -0.2) is 10.9 Å². The topological polar surface area (TPSA) is 91.8 Å². The van der Waals surface area contributed by atoms with Crippen molar-refractivity contribution in [3.05, 3.63) is 65.7 Å². The number of amides is 2. The summed E-state index contributed by atoms with van der Waals surface area (Å²) in [5.74, 6) is 0.356. The van der Waals surface area contributed by atoms with Crippen molar-refractivity contribution in [3.8, 4) is 5.75 Å². The number of carbonyl (C=O) groups is 2. The first-order valence-corrected chi connectivity index (χ1v) is 8.32. The van der Waals surface area contributed by atoms with Gasteiger partial charge in [-0.15, -0.1) is 0 Å². The zero-order valence-corrected chi connectivity index (χ0v) is 14.1. The number of hydrazine groups is 1. The summed E-state index contributed by atoms with van der Waals surface area (Å²) in [6.45, 7) is 0.485. The number of hydrogen-bond donors (Lipinski definition) is 3. The molecule has 7 nitrogen and oxygen atoms in total. The molecule has 0 bridgehead atoms. The van der Waals surface area contributed by atoms with Crippen molar-refractivity contribution >= 4 is 18.0 Å². The van der Waals surface area contributed by atoms with E-state index in [1.54, 1.807) is 6.21 Å². The minimum atomic E-state index is -0.258. The first-order chi connectivity index (χ1) is 12.7. The monoisotopic (exact) mass is 352 g/mol. The summed E-state index contributed by atoms with van der Waals surface area (Å²) in [7, 11) is 0. The van der Waals surface area contributed by atoms with Crippen LogP contribution in [-0.2, 0) is 16.2 Å². The van der Waals surface area contributed by atoms with Gasteiger partial charge in [0, 0.05) is 18.9 Å². The maximum atomic E-state index is 11.8.